The zero-order valence-electron chi connectivity index (χ0n) is 17.8. The van der Waals surface area contributed by atoms with Gasteiger partial charge in [0.05, 0.1) is 15.7 Å². The van der Waals surface area contributed by atoms with Gasteiger partial charge in [0.15, 0.2) is 17.2 Å². The number of fused-ring (bicyclic) bond motifs is 2. The van der Waals surface area contributed by atoms with Crippen LogP contribution in [0.4, 0.5) is 0 Å². The first-order valence-electron chi connectivity index (χ1n) is 10.8. The summed E-state index contributed by atoms with van der Waals surface area (Å²) in [5.41, 5.74) is -0.867. The normalized spacial score (nSPS) is 20.9. The number of aromatic amines is 1. The van der Waals surface area contributed by atoms with Gasteiger partial charge in [-0.2, -0.15) is 9.78 Å². The molecule has 1 aromatic heterocycles. The van der Waals surface area contributed by atoms with E-state index in [9.17, 15) is 19.5 Å². The average molecular weight is 503 g/mol. The van der Waals surface area contributed by atoms with E-state index in [1.54, 1.807) is 0 Å². The summed E-state index contributed by atoms with van der Waals surface area (Å²) in [5, 5.41) is 17.2. The van der Waals surface area contributed by atoms with Crippen LogP contribution in [0.5, 0.6) is 17.2 Å². The van der Waals surface area contributed by atoms with E-state index in [1.807, 2.05) is 0 Å². The summed E-state index contributed by atoms with van der Waals surface area (Å²) in [7, 11) is 0. The van der Waals surface area contributed by atoms with Crippen LogP contribution in [0.3, 0.4) is 0 Å². The number of ether oxygens (including phenoxy) is 1. The Bertz CT molecular complexity index is 1380. The van der Waals surface area contributed by atoms with Crippen molar-refractivity contribution < 1.29 is 14.6 Å². The number of hydrogen-bond acceptors (Lipinski definition) is 6. The predicted molar refractivity (Wildman–Crippen MR) is 125 cm³/mol. The molecule has 0 aliphatic heterocycles. The molecule has 2 saturated carbocycles. The zero-order chi connectivity index (χ0) is 24.0. The average Bonchev–Trinajstić information content (AvgIpc) is 3.40. The van der Waals surface area contributed by atoms with Gasteiger partial charge in [-0.15, -0.1) is 0 Å². The van der Waals surface area contributed by atoms with Gasteiger partial charge in [-0.05, 0) is 61.4 Å². The van der Waals surface area contributed by atoms with E-state index in [0.717, 1.165) is 23.7 Å². The molecule has 34 heavy (non-hydrogen) atoms. The Kier molecular flexibility index (Phi) is 5.83. The van der Waals surface area contributed by atoms with Gasteiger partial charge in [0.2, 0.25) is 0 Å². The quantitative estimate of drug-likeness (QED) is 0.488. The summed E-state index contributed by atoms with van der Waals surface area (Å²) < 4.78 is 6.68. The lowest BCUT2D eigenvalue weighted by Crippen LogP contribution is -2.38. The summed E-state index contributed by atoms with van der Waals surface area (Å²) in [4.78, 5) is 38.2. The highest BCUT2D eigenvalue weighted by Crippen LogP contribution is 2.45. The molecule has 1 amide bonds. The van der Waals surface area contributed by atoms with Crippen molar-refractivity contribution in [2.75, 3.05) is 0 Å². The summed E-state index contributed by atoms with van der Waals surface area (Å²) in [6.45, 7) is 0. The van der Waals surface area contributed by atoms with Crippen molar-refractivity contribution in [3.63, 3.8) is 0 Å². The van der Waals surface area contributed by atoms with Crippen molar-refractivity contribution in [1.82, 2.24) is 20.1 Å². The van der Waals surface area contributed by atoms with Gasteiger partial charge < -0.3 is 15.2 Å². The predicted octanol–water partition coefficient (Wildman–Crippen LogP) is 3.64. The number of phenols is 1. The molecular weight excluding hydrogens is 483 g/mol. The smallest absolute Gasteiger partial charge is 0.349 e. The topological polar surface area (TPSA) is 126 Å². The molecule has 2 aromatic carbocycles. The van der Waals surface area contributed by atoms with Crippen molar-refractivity contribution >= 4 is 29.1 Å². The van der Waals surface area contributed by atoms with Crippen LogP contribution in [0.1, 0.15) is 36.0 Å². The molecule has 3 unspecified atom stereocenters. The number of aromatic nitrogens is 3. The number of halogens is 2. The highest BCUT2D eigenvalue weighted by molar-refractivity contribution is 6.37. The standard InChI is InChI=1S/C23H20Cl2N4O5/c24-15-8-14(29-23(33)28-20(31)10-26-29)9-16(25)21(15)34-19-7-13(3-4-18(19)30)22(32)27-17-6-11-1-2-12(17)5-11/h3-4,7-12,17,30H,1-2,5-6H2,(H,27,32)(H,28,31,33). The minimum atomic E-state index is -0.764. The molecular formula is C23H20Cl2N4O5. The molecule has 2 fully saturated rings. The molecule has 2 aliphatic rings. The molecule has 2 bridgehead atoms. The van der Waals surface area contributed by atoms with Gasteiger partial charge in [-0.25, -0.2) is 4.79 Å². The van der Waals surface area contributed by atoms with E-state index in [0.29, 0.717) is 17.4 Å². The Hall–Kier alpha value is -3.30. The van der Waals surface area contributed by atoms with E-state index in [-0.39, 0.29) is 44.9 Å². The van der Waals surface area contributed by atoms with Crippen LogP contribution >= 0.6 is 23.2 Å². The second-order valence-electron chi connectivity index (χ2n) is 8.63. The van der Waals surface area contributed by atoms with Crippen molar-refractivity contribution in [1.29, 1.82) is 0 Å². The fourth-order valence-electron chi connectivity index (χ4n) is 4.82. The number of benzene rings is 2. The van der Waals surface area contributed by atoms with E-state index in [2.05, 4.69) is 15.4 Å². The molecule has 176 valence electrons. The highest BCUT2D eigenvalue weighted by atomic mass is 35.5. The number of hydrogen-bond donors (Lipinski definition) is 3. The monoisotopic (exact) mass is 502 g/mol. The fraction of sp³-hybridized carbons (Fsp3) is 0.304. The highest BCUT2D eigenvalue weighted by Gasteiger charge is 2.40. The van der Waals surface area contributed by atoms with Gasteiger partial charge in [-0.3, -0.25) is 14.6 Å². The third-order valence-electron chi connectivity index (χ3n) is 6.43. The fourth-order valence-corrected chi connectivity index (χ4v) is 5.38. The molecule has 2 aliphatic carbocycles. The van der Waals surface area contributed by atoms with Crippen molar-refractivity contribution in [3.8, 4) is 22.9 Å². The number of nitrogens with zero attached hydrogens (tertiary/aromatic N) is 2. The van der Waals surface area contributed by atoms with E-state index < -0.39 is 11.2 Å². The number of rotatable bonds is 5. The number of nitrogens with one attached hydrogen (secondary N) is 2. The first-order chi connectivity index (χ1) is 16.3. The van der Waals surface area contributed by atoms with E-state index in [1.165, 1.54) is 43.2 Å². The minimum Gasteiger partial charge on any atom is -0.504 e. The summed E-state index contributed by atoms with van der Waals surface area (Å²) in [6, 6.07) is 7.23. The largest absolute Gasteiger partial charge is 0.504 e. The SMILES string of the molecule is O=C(NC1CC2CCC1C2)c1ccc(O)c(Oc2c(Cl)cc(-n3ncc(=O)[nH]c3=O)cc2Cl)c1. The number of H-pyrrole nitrogens is 1. The lowest BCUT2D eigenvalue weighted by Gasteiger charge is -2.23. The minimum absolute atomic E-state index is 0.00326. The van der Waals surface area contributed by atoms with Crippen LogP contribution in [0.15, 0.2) is 46.1 Å². The Morgan fingerprint density at radius 1 is 1.15 bits per heavy atom. The van der Waals surface area contributed by atoms with Crippen LogP contribution < -0.4 is 21.3 Å². The summed E-state index contributed by atoms with van der Waals surface area (Å²) in [6.07, 6.45) is 5.50. The molecule has 3 N–H and O–H groups in total. The first kappa shape index (κ1) is 22.5. The number of carbonyl (C=O) groups is 1. The number of amides is 1. The van der Waals surface area contributed by atoms with Gasteiger partial charge in [0.25, 0.3) is 11.5 Å². The third kappa shape index (κ3) is 4.28. The molecule has 1 heterocycles. The van der Waals surface area contributed by atoms with Crippen LogP contribution in [0.2, 0.25) is 10.0 Å². The summed E-state index contributed by atoms with van der Waals surface area (Å²) in [5.74, 6) is 0.803. The molecule has 5 rings (SSSR count). The van der Waals surface area contributed by atoms with Crippen LogP contribution in [0.25, 0.3) is 5.69 Å². The van der Waals surface area contributed by atoms with Crippen molar-refractivity contribution in [2.45, 2.75) is 31.7 Å². The zero-order valence-corrected chi connectivity index (χ0v) is 19.3. The van der Waals surface area contributed by atoms with Gasteiger partial charge >= 0.3 is 5.69 Å². The second-order valence-corrected chi connectivity index (χ2v) is 9.44. The maximum absolute atomic E-state index is 12.8. The van der Waals surface area contributed by atoms with Gasteiger partial charge in [0, 0.05) is 11.6 Å². The Morgan fingerprint density at radius 2 is 1.91 bits per heavy atom. The second kappa shape index (κ2) is 8.81. The van der Waals surface area contributed by atoms with Gasteiger partial charge in [0.1, 0.15) is 6.20 Å². The number of phenolic OH excluding ortho intramolecular Hbond substituents is 1. The van der Waals surface area contributed by atoms with Gasteiger partial charge in [-0.1, -0.05) is 29.6 Å². The van der Waals surface area contributed by atoms with E-state index in [4.69, 9.17) is 27.9 Å². The maximum Gasteiger partial charge on any atom is 0.349 e. The van der Waals surface area contributed by atoms with Crippen LogP contribution in [0, 0.1) is 11.8 Å². The van der Waals surface area contributed by atoms with E-state index >= 15 is 0 Å². The first-order valence-corrected chi connectivity index (χ1v) is 11.5. The summed E-state index contributed by atoms with van der Waals surface area (Å²) >= 11 is 12.7. The van der Waals surface area contributed by atoms with Crippen LogP contribution in [-0.4, -0.2) is 31.8 Å². The lowest BCUT2D eigenvalue weighted by atomic mass is 9.95. The molecule has 0 radical (unpaired) electrons. The number of carbonyl (C=O) groups excluding carboxylic acids is 1. The Balaban J connectivity index is 1.39. The van der Waals surface area contributed by atoms with Crippen LogP contribution in [-0.2, 0) is 0 Å². The Labute approximate surface area is 203 Å². The molecule has 3 atom stereocenters. The molecule has 3 aromatic rings. The molecule has 9 nitrogen and oxygen atoms in total. The number of aromatic hydroxyl groups is 1. The maximum atomic E-state index is 12.8. The Morgan fingerprint density at radius 3 is 2.56 bits per heavy atom. The van der Waals surface area contributed by atoms with Crippen molar-refractivity contribution in [3.05, 3.63) is 73.0 Å². The van der Waals surface area contributed by atoms with Crippen molar-refractivity contribution in [2.24, 2.45) is 11.8 Å². The molecule has 0 spiro atoms. The molecule has 11 heteroatoms. The lowest BCUT2D eigenvalue weighted by molar-refractivity contribution is 0.0922. The third-order valence-corrected chi connectivity index (χ3v) is 6.99. The molecule has 0 saturated heterocycles.